The minimum Gasteiger partial charge on any atom is -0.452 e. The number of ether oxygens (including phenoxy) is 2. The molecule has 0 aromatic heterocycles. The van der Waals surface area contributed by atoms with Crippen molar-refractivity contribution in [3.05, 3.63) is 48.0 Å². The highest BCUT2D eigenvalue weighted by atomic mass is 16.6. The molecule has 0 atom stereocenters. The van der Waals surface area contributed by atoms with Crippen molar-refractivity contribution in [3.8, 4) is 0 Å². The summed E-state index contributed by atoms with van der Waals surface area (Å²) in [5.41, 5.74) is 0.458. The molecule has 21 heavy (non-hydrogen) atoms. The van der Waals surface area contributed by atoms with E-state index >= 15 is 0 Å². The first-order valence-electron chi connectivity index (χ1n) is 7.05. The third-order valence-electron chi connectivity index (χ3n) is 3.90. The van der Waals surface area contributed by atoms with Crippen LogP contribution in [0.25, 0.3) is 0 Å². The summed E-state index contributed by atoms with van der Waals surface area (Å²) < 4.78 is 10.6. The van der Waals surface area contributed by atoms with Crippen LogP contribution in [-0.2, 0) is 20.9 Å². The molecule has 2 aliphatic rings. The largest absolute Gasteiger partial charge is 0.452 e. The third kappa shape index (κ3) is 3.07. The first-order valence-corrected chi connectivity index (χ1v) is 7.05. The predicted molar refractivity (Wildman–Crippen MR) is 75.4 cm³/mol. The van der Waals surface area contributed by atoms with Crippen molar-refractivity contribution >= 4 is 12.1 Å². The van der Waals surface area contributed by atoms with Crippen LogP contribution in [0.5, 0.6) is 0 Å². The van der Waals surface area contributed by atoms with Crippen LogP contribution in [-0.4, -0.2) is 35.7 Å². The Bertz CT molecular complexity index is 559. The van der Waals surface area contributed by atoms with Crippen LogP contribution in [0.1, 0.15) is 18.4 Å². The summed E-state index contributed by atoms with van der Waals surface area (Å²) in [6.45, 7) is 1.34. The van der Waals surface area contributed by atoms with Gasteiger partial charge in [-0.2, -0.15) is 0 Å². The maximum absolute atomic E-state index is 12.0. The Kier molecular flexibility index (Phi) is 3.64. The van der Waals surface area contributed by atoms with Crippen molar-refractivity contribution < 1.29 is 19.1 Å². The van der Waals surface area contributed by atoms with Crippen LogP contribution in [0.2, 0.25) is 0 Å². The number of piperidine rings is 1. The zero-order chi connectivity index (χ0) is 14.7. The zero-order valence-electron chi connectivity index (χ0n) is 11.7. The van der Waals surface area contributed by atoms with E-state index < -0.39 is 5.60 Å². The highest BCUT2D eigenvalue weighted by Gasteiger charge is 2.40. The van der Waals surface area contributed by atoms with E-state index in [9.17, 15) is 9.59 Å². The van der Waals surface area contributed by atoms with Crippen LogP contribution in [0.3, 0.4) is 0 Å². The maximum Gasteiger partial charge on any atom is 0.410 e. The molecule has 5 heteroatoms. The Morgan fingerprint density at radius 3 is 2.57 bits per heavy atom. The number of rotatable bonds is 2. The molecule has 0 unspecified atom stereocenters. The fourth-order valence-corrected chi connectivity index (χ4v) is 2.64. The summed E-state index contributed by atoms with van der Waals surface area (Å²) in [5.74, 6) is -0.296. The molecule has 2 heterocycles. The number of esters is 1. The van der Waals surface area contributed by atoms with Gasteiger partial charge < -0.3 is 14.4 Å². The molecule has 3 rings (SSSR count). The van der Waals surface area contributed by atoms with E-state index in [4.69, 9.17) is 9.47 Å². The average molecular weight is 287 g/mol. The van der Waals surface area contributed by atoms with E-state index in [2.05, 4.69) is 0 Å². The Morgan fingerprint density at radius 2 is 1.95 bits per heavy atom. The van der Waals surface area contributed by atoms with Crippen LogP contribution in [0, 0.1) is 0 Å². The number of amides is 1. The quantitative estimate of drug-likeness (QED) is 0.783. The fraction of sp³-hybridized carbons (Fsp3) is 0.375. The van der Waals surface area contributed by atoms with Gasteiger partial charge in [0.2, 0.25) is 0 Å². The predicted octanol–water partition coefficient (Wildman–Crippen LogP) is 2.27. The second-order valence-electron chi connectivity index (χ2n) is 5.35. The minimum absolute atomic E-state index is 0.274. The van der Waals surface area contributed by atoms with E-state index in [1.54, 1.807) is 4.90 Å². The van der Waals surface area contributed by atoms with Gasteiger partial charge in [0, 0.05) is 32.0 Å². The Labute approximate surface area is 123 Å². The topological polar surface area (TPSA) is 55.8 Å². The van der Waals surface area contributed by atoms with Crippen molar-refractivity contribution in [2.45, 2.75) is 25.0 Å². The molecular formula is C16H17NO4. The van der Waals surface area contributed by atoms with Crippen molar-refractivity contribution in [2.24, 2.45) is 0 Å². The summed E-state index contributed by atoms with van der Waals surface area (Å²) in [5, 5.41) is 0. The summed E-state index contributed by atoms with van der Waals surface area (Å²) in [6.07, 6.45) is 4.19. The molecule has 5 nitrogen and oxygen atoms in total. The average Bonchev–Trinajstić information content (AvgIpc) is 2.87. The minimum atomic E-state index is -0.507. The van der Waals surface area contributed by atoms with Gasteiger partial charge in [-0.3, -0.25) is 0 Å². The number of hydrogen-bond acceptors (Lipinski definition) is 4. The van der Waals surface area contributed by atoms with Gasteiger partial charge in [-0.15, -0.1) is 0 Å². The number of nitrogens with zero attached hydrogens (tertiary/aromatic N) is 1. The van der Waals surface area contributed by atoms with E-state index in [1.165, 1.54) is 6.08 Å². The van der Waals surface area contributed by atoms with Crippen LogP contribution in [0.4, 0.5) is 4.79 Å². The van der Waals surface area contributed by atoms with Gasteiger partial charge >= 0.3 is 12.1 Å². The number of likely N-dealkylation sites (tertiary alicyclic amines) is 1. The second kappa shape index (κ2) is 5.60. The number of carbonyl (C=O) groups is 2. The second-order valence-corrected chi connectivity index (χ2v) is 5.35. The van der Waals surface area contributed by atoms with E-state index in [0.29, 0.717) is 25.9 Å². The summed E-state index contributed by atoms with van der Waals surface area (Å²) in [7, 11) is 0. The lowest BCUT2D eigenvalue weighted by Gasteiger charge is -2.36. The van der Waals surface area contributed by atoms with Gasteiger partial charge in [-0.1, -0.05) is 30.3 Å². The highest BCUT2D eigenvalue weighted by molar-refractivity contribution is 5.85. The summed E-state index contributed by atoms with van der Waals surface area (Å²) in [6, 6.07) is 9.58. The van der Waals surface area contributed by atoms with Crippen LogP contribution >= 0.6 is 0 Å². The molecular weight excluding hydrogens is 270 g/mol. The van der Waals surface area contributed by atoms with Gasteiger partial charge in [-0.05, 0) is 11.6 Å². The Balaban J connectivity index is 1.49. The smallest absolute Gasteiger partial charge is 0.410 e. The molecule has 0 aliphatic carbocycles. The lowest BCUT2D eigenvalue weighted by atomic mass is 9.92. The molecule has 0 saturated carbocycles. The highest BCUT2D eigenvalue weighted by Crippen LogP contribution is 2.31. The van der Waals surface area contributed by atoms with E-state index in [0.717, 1.165) is 5.56 Å². The SMILES string of the molecule is O=C1C=CC2(CCN(C(=O)OCc3ccccc3)CC2)O1. The van der Waals surface area contributed by atoms with Crippen LogP contribution < -0.4 is 0 Å². The van der Waals surface area contributed by atoms with Gasteiger partial charge in [-0.25, -0.2) is 9.59 Å². The number of benzene rings is 1. The van der Waals surface area contributed by atoms with Crippen molar-refractivity contribution in [2.75, 3.05) is 13.1 Å². The van der Waals surface area contributed by atoms with Crippen molar-refractivity contribution in [1.29, 1.82) is 0 Å². The Hall–Kier alpha value is -2.30. The van der Waals surface area contributed by atoms with Gasteiger partial charge in [0.1, 0.15) is 12.2 Å². The lowest BCUT2D eigenvalue weighted by Crippen LogP contribution is -2.46. The zero-order valence-corrected chi connectivity index (χ0v) is 11.7. The maximum atomic E-state index is 12.0. The van der Waals surface area contributed by atoms with E-state index in [1.807, 2.05) is 36.4 Å². The van der Waals surface area contributed by atoms with E-state index in [-0.39, 0.29) is 18.7 Å². The van der Waals surface area contributed by atoms with Gasteiger partial charge in [0.15, 0.2) is 0 Å². The third-order valence-corrected chi connectivity index (χ3v) is 3.90. The first kappa shape index (κ1) is 13.7. The molecule has 1 fully saturated rings. The lowest BCUT2D eigenvalue weighted by molar-refractivity contribution is -0.148. The molecule has 110 valence electrons. The molecule has 1 spiro atoms. The number of hydrogen-bond donors (Lipinski definition) is 0. The normalized spacial score (nSPS) is 19.6. The summed E-state index contributed by atoms with van der Waals surface area (Å²) >= 11 is 0. The molecule has 1 saturated heterocycles. The van der Waals surface area contributed by atoms with Crippen molar-refractivity contribution in [3.63, 3.8) is 0 Å². The summed E-state index contributed by atoms with van der Waals surface area (Å²) in [4.78, 5) is 24.9. The monoisotopic (exact) mass is 287 g/mol. The molecule has 0 N–H and O–H groups in total. The molecule has 2 aliphatic heterocycles. The Morgan fingerprint density at radius 1 is 1.24 bits per heavy atom. The molecule has 1 aromatic rings. The van der Waals surface area contributed by atoms with Gasteiger partial charge in [0.25, 0.3) is 0 Å². The first-order chi connectivity index (χ1) is 10.2. The van der Waals surface area contributed by atoms with Crippen LogP contribution in [0.15, 0.2) is 42.5 Å². The van der Waals surface area contributed by atoms with Crippen molar-refractivity contribution in [1.82, 2.24) is 4.90 Å². The molecule has 0 radical (unpaired) electrons. The molecule has 1 amide bonds. The molecule has 1 aromatic carbocycles. The molecule has 0 bridgehead atoms. The number of carbonyl (C=O) groups excluding carboxylic acids is 2. The fourth-order valence-electron chi connectivity index (χ4n) is 2.64. The standard InChI is InChI=1S/C16H17NO4/c18-14-6-7-16(21-14)8-10-17(11-9-16)15(19)20-12-13-4-2-1-3-5-13/h1-7H,8-12H2. The van der Waals surface area contributed by atoms with Gasteiger partial charge in [0.05, 0.1) is 0 Å².